The van der Waals surface area contributed by atoms with Crippen LogP contribution in [0.15, 0.2) is 18.2 Å². The van der Waals surface area contributed by atoms with E-state index in [-0.39, 0.29) is 0 Å². The van der Waals surface area contributed by atoms with Crippen LogP contribution in [0.4, 0.5) is 5.13 Å². The highest BCUT2D eigenvalue weighted by Gasteiger charge is 2.00. The van der Waals surface area contributed by atoms with Gasteiger partial charge in [-0.15, -0.1) is 0 Å². The monoisotopic (exact) mass is 234 g/mol. The fourth-order valence-electron chi connectivity index (χ4n) is 1.63. The molecule has 5 heteroatoms. The molecule has 16 heavy (non-hydrogen) atoms. The average molecular weight is 234 g/mol. The molecular formula is C11H14N4S. The number of hydrogen-bond donors (Lipinski definition) is 1. The molecule has 0 atom stereocenters. The van der Waals surface area contributed by atoms with Crippen molar-refractivity contribution in [1.29, 1.82) is 0 Å². The minimum atomic E-state index is 0.782. The van der Waals surface area contributed by atoms with E-state index in [0.29, 0.717) is 0 Å². The van der Waals surface area contributed by atoms with Gasteiger partial charge in [0, 0.05) is 18.1 Å². The highest BCUT2D eigenvalue weighted by atomic mass is 32.1. The molecule has 0 aliphatic heterocycles. The second kappa shape index (κ2) is 5.03. The van der Waals surface area contributed by atoms with Crippen LogP contribution in [0, 0.1) is 13.8 Å². The summed E-state index contributed by atoms with van der Waals surface area (Å²) in [6.45, 7) is 5.12. The van der Waals surface area contributed by atoms with E-state index in [1.54, 1.807) is 0 Å². The summed E-state index contributed by atoms with van der Waals surface area (Å²) in [4.78, 5) is 0. The molecule has 2 aromatic rings. The summed E-state index contributed by atoms with van der Waals surface area (Å²) in [5, 5.41) is 11.3. The fraction of sp³-hybridized carbons (Fsp3) is 0.364. The van der Waals surface area contributed by atoms with E-state index in [0.717, 1.165) is 18.1 Å². The molecule has 0 unspecified atom stereocenters. The van der Waals surface area contributed by atoms with Crippen molar-refractivity contribution in [1.82, 2.24) is 14.8 Å². The third kappa shape index (κ3) is 2.76. The smallest absolute Gasteiger partial charge is 0.225 e. The second-order valence-electron chi connectivity index (χ2n) is 3.77. The van der Waals surface area contributed by atoms with Gasteiger partial charge in [0.25, 0.3) is 0 Å². The van der Waals surface area contributed by atoms with Crippen molar-refractivity contribution in [3.8, 4) is 0 Å². The first-order chi connectivity index (χ1) is 7.75. The van der Waals surface area contributed by atoms with Crippen LogP contribution in [0.1, 0.15) is 16.7 Å². The van der Waals surface area contributed by atoms with E-state index in [1.165, 1.54) is 28.2 Å². The molecule has 0 saturated heterocycles. The number of nitrogens with one attached hydrogen (secondary N) is 1. The van der Waals surface area contributed by atoms with Crippen LogP contribution in [0.25, 0.3) is 0 Å². The maximum Gasteiger partial charge on any atom is 0.225 e. The molecule has 0 amide bonds. The Morgan fingerprint density at radius 1 is 1.31 bits per heavy atom. The molecule has 84 valence electrons. The Hall–Kier alpha value is -1.49. The summed E-state index contributed by atoms with van der Waals surface area (Å²) in [5.74, 6) is 0. The predicted octanol–water partition coefficient (Wildman–Crippen LogP) is 2.20. The molecule has 1 heterocycles. The largest absolute Gasteiger partial charge is 0.359 e. The first-order valence-corrected chi connectivity index (χ1v) is 5.98. The Bertz CT molecular complexity index is 453. The van der Waals surface area contributed by atoms with Gasteiger partial charge in [0.2, 0.25) is 5.13 Å². The van der Waals surface area contributed by atoms with E-state index >= 15 is 0 Å². The van der Waals surface area contributed by atoms with Gasteiger partial charge in [-0.2, -0.15) is 0 Å². The van der Waals surface area contributed by atoms with Gasteiger partial charge in [-0.1, -0.05) is 33.3 Å². The molecule has 0 bridgehead atoms. The molecular weight excluding hydrogens is 220 g/mol. The van der Waals surface area contributed by atoms with Crippen LogP contribution < -0.4 is 5.32 Å². The maximum absolute atomic E-state index is 3.83. The number of anilines is 1. The van der Waals surface area contributed by atoms with Crippen LogP contribution in [-0.2, 0) is 6.42 Å². The van der Waals surface area contributed by atoms with E-state index < -0.39 is 0 Å². The summed E-state index contributed by atoms with van der Waals surface area (Å²) < 4.78 is 3.70. The Morgan fingerprint density at radius 2 is 2.19 bits per heavy atom. The molecule has 0 spiro atoms. The Balaban J connectivity index is 1.90. The van der Waals surface area contributed by atoms with E-state index in [9.17, 15) is 0 Å². The number of aromatic nitrogens is 3. The molecule has 1 N–H and O–H groups in total. The molecule has 0 radical (unpaired) electrons. The van der Waals surface area contributed by atoms with Crippen LogP contribution in [0.3, 0.4) is 0 Å². The fourth-order valence-corrected chi connectivity index (χ4v) is 2.02. The standard InChI is InChI=1S/C11H14N4S/c1-8-3-4-10(9(2)7-8)5-6-12-11-13-14-15-16-11/h3-4,7H,5-6H2,1-2H3,(H,12,13,15). The molecule has 0 saturated carbocycles. The highest BCUT2D eigenvalue weighted by molar-refractivity contribution is 7.09. The van der Waals surface area contributed by atoms with Crippen LogP contribution >= 0.6 is 11.5 Å². The van der Waals surface area contributed by atoms with Gasteiger partial charge in [0.05, 0.1) is 0 Å². The zero-order valence-corrected chi connectivity index (χ0v) is 10.2. The number of benzene rings is 1. The molecule has 2 rings (SSSR count). The molecule has 1 aromatic heterocycles. The third-order valence-electron chi connectivity index (χ3n) is 2.47. The molecule has 0 aliphatic carbocycles. The Kier molecular flexibility index (Phi) is 3.46. The quantitative estimate of drug-likeness (QED) is 0.881. The second-order valence-corrected chi connectivity index (χ2v) is 4.51. The van der Waals surface area contributed by atoms with Gasteiger partial charge >= 0.3 is 0 Å². The maximum atomic E-state index is 3.83. The topological polar surface area (TPSA) is 50.7 Å². The summed E-state index contributed by atoms with van der Waals surface area (Å²) >= 11 is 1.28. The minimum Gasteiger partial charge on any atom is -0.359 e. The summed E-state index contributed by atoms with van der Waals surface area (Å²) in [7, 11) is 0. The van der Waals surface area contributed by atoms with Gasteiger partial charge < -0.3 is 5.32 Å². The van der Waals surface area contributed by atoms with Crippen molar-refractivity contribution < 1.29 is 0 Å². The number of aryl methyl sites for hydroxylation is 2. The van der Waals surface area contributed by atoms with Gasteiger partial charge in [0.15, 0.2) is 0 Å². The van der Waals surface area contributed by atoms with E-state index in [4.69, 9.17) is 0 Å². The molecule has 1 aromatic carbocycles. The predicted molar refractivity (Wildman–Crippen MR) is 65.8 cm³/mol. The lowest BCUT2D eigenvalue weighted by atomic mass is 10.0. The lowest BCUT2D eigenvalue weighted by molar-refractivity contribution is 0.939. The van der Waals surface area contributed by atoms with Crippen molar-refractivity contribution in [2.45, 2.75) is 20.3 Å². The van der Waals surface area contributed by atoms with Crippen molar-refractivity contribution in [2.75, 3.05) is 11.9 Å². The average Bonchev–Trinajstić information content (AvgIpc) is 2.74. The van der Waals surface area contributed by atoms with Gasteiger partial charge in [-0.3, -0.25) is 0 Å². The summed E-state index contributed by atoms with van der Waals surface area (Å²) in [6.07, 6.45) is 0.992. The normalized spacial score (nSPS) is 10.4. The van der Waals surface area contributed by atoms with Crippen molar-refractivity contribution in [2.24, 2.45) is 0 Å². The Morgan fingerprint density at radius 3 is 2.88 bits per heavy atom. The van der Waals surface area contributed by atoms with Gasteiger partial charge in [-0.25, -0.2) is 0 Å². The van der Waals surface area contributed by atoms with Gasteiger partial charge in [0.1, 0.15) is 0 Å². The summed E-state index contributed by atoms with van der Waals surface area (Å²) in [6, 6.07) is 6.54. The number of rotatable bonds is 4. The zero-order valence-electron chi connectivity index (χ0n) is 9.40. The van der Waals surface area contributed by atoms with E-state index in [2.05, 4.69) is 52.2 Å². The number of hydrogen-bond acceptors (Lipinski definition) is 5. The molecule has 0 aliphatic rings. The first-order valence-electron chi connectivity index (χ1n) is 5.21. The zero-order chi connectivity index (χ0) is 11.4. The van der Waals surface area contributed by atoms with Crippen molar-refractivity contribution in [3.05, 3.63) is 34.9 Å². The third-order valence-corrected chi connectivity index (χ3v) is 3.02. The van der Waals surface area contributed by atoms with Crippen LogP contribution in [0.5, 0.6) is 0 Å². The van der Waals surface area contributed by atoms with Gasteiger partial charge in [-0.05, 0) is 36.6 Å². The highest BCUT2D eigenvalue weighted by Crippen LogP contribution is 2.12. The Labute approximate surface area is 98.9 Å². The number of nitrogens with zero attached hydrogens (tertiary/aromatic N) is 3. The van der Waals surface area contributed by atoms with E-state index in [1.807, 2.05) is 0 Å². The van der Waals surface area contributed by atoms with Crippen LogP contribution in [-0.4, -0.2) is 21.3 Å². The minimum absolute atomic E-state index is 0.782. The van der Waals surface area contributed by atoms with Crippen molar-refractivity contribution >= 4 is 16.7 Å². The summed E-state index contributed by atoms with van der Waals surface area (Å²) in [5.41, 5.74) is 4.02. The molecule has 4 nitrogen and oxygen atoms in total. The lowest BCUT2D eigenvalue weighted by Gasteiger charge is -2.06. The molecule has 0 fully saturated rings. The SMILES string of the molecule is Cc1ccc(CCNc2nnns2)c(C)c1. The van der Waals surface area contributed by atoms with Crippen molar-refractivity contribution in [3.63, 3.8) is 0 Å². The lowest BCUT2D eigenvalue weighted by Crippen LogP contribution is -2.05. The first kappa shape index (κ1) is 11.0. The van der Waals surface area contributed by atoms with Crippen LogP contribution in [0.2, 0.25) is 0 Å².